The zero-order chi connectivity index (χ0) is 22.5. The van der Waals surface area contributed by atoms with Crippen molar-refractivity contribution in [2.75, 3.05) is 14.1 Å². The second-order valence-corrected chi connectivity index (χ2v) is 9.31. The van der Waals surface area contributed by atoms with Crippen molar-refractivity contribution in [3.05, 3.63) is 70.8 Å². The predicted octanol–water partition coefficient (Wildman–Crippen LogP) is 5.62. The van der Waals surface area contributed by atoms with Crippen LogP contribution in [0.15, 0.2) is 48.5 Å². The Hall–Kier alpha value is -2.64. The van der Waals surface area contributed by atoms with Crippen LogP contribution in [0, 0.1) is 30.1 Å². The maximum atomic E-state index is 13.5. The monoisotopic (exact) mass is 418 g/mol. The number of likely N-dealkylation sites (N-methyl/N-ethyl adjacent to an activating group) is 1. The van der Waals surface area contributed by atoms with Crippen LogP contribution < -0.4 is 0 Å². The molecule has 0 bridgehead atoms. The molecule has 0 saturated heterocycles. The number of carbonyl (C=O) groups is 1. The summed E-state index contributed by atoms with van der Waals surface area (Å²) in [5.74, 6) is 0.941. The highest BCUT2D eigenvalue weighted by Gasteiger charge is 2.37. The minimum atomic E-state index is -0.529. The van der Waals surface area contributed by atoms with Crippen molar-refractivity contribution in [1.82, 2.24) is 4.90 Å². The number of benzene rings is 2. The zero-order valence-electron chi connectivity index (χ0n) is 19.3. The molecule has 2 aromatic rings. The van der Waals surface area contributed by atoms with Crippen molar-refractivity contribution in [1.29, 1.82) is 5.26 Å². The van der Waals surface area contributed by atoms with E-state index >= 15 is 0 Å². The lowest BCUT2D eigenvalue weighted by Crippen LogP contribution is -2.39. The number of hydrogen-bond acceptors (Lipinski definition) is 4. The number of nitrogens with zero attached hydrogens (tertiary/aromatic N) is 2. The third-order valence-corrected chi connectivity index (χ3v) is 6.78. The summed E-state index contributed by atoms with van der Waals surface area (Å²) < 4.78 is 6.26. The number of nitriles is 1. The predicted molar refractivity (Wildman–Crippen MR) is 124 cm³/mol. The molecule has 3 rings (SSSR count). The second-order valence-electron chi connectivity index (χ2n) is 9.31. The van der Waals surface area contributed by atoms with Gasteiger partial charge in [0, 0.05) is 5.92 Å². The first-order valence-electron chi connectivity index (χ1n) is 11.2. The Bertz CT molecular complexity index is 932. The van der Waals surface area contributed by atoms with Gasteiger partial charge >= 0.3 is 5.97 Å². The van der Waals surface area contributed by atoms with Crippen LogP contribution in [0.2, 0.25) is 0 Å². The van der Waals surface area contributed by atoms with Crippen molar-refractivity contribution in [3.63, 3.8) is 0 Å². The molecule has 0 unspecified atom stereocenters. The number of esters is 1. The van der Waals surface area contributed by atoms with E-state index in [0.29, 0.717) is 23.3 Å². The highest BCUT2D eigenvalue weighted by molar-refractivity contribution is 5.78. The van der Waals surface area contributed by atoms with E-state index in [1.807, 2.05) is 44.1 Å². The smallest absolute Gasteiger partial charge is 0.328 e. The molecular weight excluding hydrogens is 384 g/mol. The molecule has 0 aliphatic heterocycles. The third kappa shape index (κ3) is 5.35. The first-order valence-corrected chi connectivity index (χ1v) is 11.2. The van der Waals surface area contributed by atoms with E-state index in [4.69, 9.17) is 4.74 Å². The first-order chi connectivity index (χ1) is 14.8. The summed E-state index contributed by atoms with van der Waals surface area (Å²) in [6.07, 6.45) is 3.01. The Morgan fingerprint density at radius 2 is 1.87 bits per heavy atom. The highest BCUT2D eigenvalue weighted by Crippen LogP contribution is 2.40. The fourth-order valence-electron chi connectivity index (χ4n) is 4.90. The molecule has 1 saturated carbocycles. The molecule has 164 valence electrons. The lowest BCUT2D eigenvalue weighted by molar-refractivity contribution is -0.161. The Labute approximate surface area is 186 Å². The Morgan fingerprint density at radius 1 is 1.16 bits per heavy atom. The Morgan fingerprint density at radius 3 is 2.52 bits per heavy atom. The van der Waals surface area contributed by atoms with Crippen molar-refractivity contribution < 1.29 is 9.53 Å². The van der Waals surface area contributed by atoms with Crippen molar-refractivity contribution in [2.24, 2.45) is 11.8 Å². The van der Waals surface area contributed by atoms with Crippen LogP contribution in [-0.2, 0) is 9.53 Å². The van der Waals surface area contributed by atoms with E-state index in [1.54, 1.807) is 6.07 Å². The van der Waals surface area contributed by atoms with E-state index in [-0.39, 0.29) is 12.1 Å². The van der Waals surface area contributed by atoms with Gasteiger partial charge in [0.2, 0.25) is 0 Å². The van der Waals surface area contributed by atoms with Gasteiger partial charge in [0.25, 0.3) is 0 Å². The molecule has 1 aliphatic rings. The van der Waals surface area contributed by atoms with Gasteiger partial charge < -0.3 is 4.74 Å². The van der Waals surface area contributed by atoms with Crippen LogP contribution in [0.25, 0.3) is 0 Å². The minimum Gasteiger partial charge on any atom is -0.461 e. The average molecular weight is 419 g/mol. The molecule has 0 aromatic heterocycles. The molecule has 1 aliphatic carbocycles. The van der Waals surface area contributed by atoms with Gasteiger partial charge in [0.05, 0.1) is 11.6 Å². The summed E-state index contributed by atoms with van der Waals surface area (Å²) in [7, 11) is 3.77. The maximum Gasteiger partial charge on any atom is 0.328 e. The Balaban J connectivity index is 1.86. The molecule has 0 radical (unpaired) electrons. The summed E-state index contributed by atoms with van der Waals surface area (Å²) in [5.41, 5.74) is 3.68. The molecule has 4 heteroatoms. The molecule has 0 amide bonds. The molecule has 5 atom stereocenters. The third-order valence-electron chi connectivity index (χ3n) is 6.78. The SMILES string of the molecule is Cc1ccc(C#N)cc1[C@H](C(=O)O[C@@H]1C[C@H](C)CC[C@H]1[C@H](C)c1ccccc1)N(C)C. The van der Waals surface area contributed by atoms with Crippen LogP contribution >= 0.6 is 0 Å². The van der Waals surface area contributed by atoms with Crippen molar-refractivity contribution in [3.8, 4) is 6.07 Å². The number of carbonyl (C=O) groups excluding carboxylic acids is 1. The van der Waals surface area contributed by atoms with Gasteiger partial charge in [-0.05, 0) is 74.5 Å². The van der Waals surface area contributed by atoms with E-state index in [1.165, 1.54) is 5.56 Å². The van der Waals surface area contributed by atoms with E-state index < -0.39 is 6.04 Å². The number of rotatable bonds is 6. The molecular formula is C27H34N2O2. The largest absolute Gasteiger partial charge is 0.461 e. The van der Waals surface area contributed by atoms with Gasteiger partial charge in [0.1, 0.15) is 12.1 Å². The summed E-state index contributed by atoms with van der Waals surface area (Å²) in [4.78, 5) is 15.4. The normalized spacial score (nSPS) is 23.1. The fraction of sp³-hybridized carbons (Fsp3) is 0.481. The summed E-state index contributed by atoms with van der Waals surface area (Å²) in [6.45, 7) is 6.47. The van der Waals surface area contributed by atoms with Gasteiger partial charge in [-0.2, -0.15) is 5.26 Å². The van der Waals surface area contributed by atoms with Crippen LogP contribution in [-0.4, -0.2) is 31.1 Å². The van der Waals surface area contributed by atoms with Gasteiger partial charge in [0.15, 0.2) is 0 Å². The summed E-state index contributed by atoms with van der Waals surface area (Å²) in [6, 6.07) is 17.7. The van der Waals surface area contributed by atoms with Crippen molar-refractivity contribution >= 4 is 5.97 Å². The van der Waals surface area contributed by atoms with Crippen LogP contribution in [0.5, 0.6) is 0 Å². The van der Waals surface area contributed by atoms with Gasteiger partial charge in [-0.25, -0.2) is 4.79 Å². The second kappa shape index (κ2) is 10.1. The molecule has 1 fully saturated rings. The van der Waals surface area contributed by atoms with Crippen LogP contribution in [0.3, 0.4) is 0 Å². The van der Waals surface area contributed by atoms with Crippen LogP contribution in [0.4, 0.5) is 0 Å². The lowest BCUT2D eigenvalue weighted by Gasteiger charge is -2.39. The van der Waals surface area contributed by atoms with E-state index in [0.717, 1.165) is 30.4 Å². The van der Waals surface area contributed by atoms with Crippen LogP contribution in [0.1, 0.15) is 67.3 Å². The number of aryl methyl sites for hydroxylation is 1. The van der Waals surface area contributed by atoms with Gasteiger partial charge in [-0.1, -0.05) is 56.7 Å². The fourth-order valence-corrected chi connectivity index (χ4v) is 4.90. The molecule has 4 nitrogen and oxygen atoms in total. The van der Waals surface area contributed by atoms with Gasteiger partial charge in [-0.15, -0.1) is 0 Å². The summed E-state index contributed by atoms with van der Waals surface area (Å²) >= 11 is 0. The zero-order valence-corrected chi connectivity index (χ0v) is 19.3. The number of ether oxygens (including phenoxy) is 1. The van der Waals surface area contributed by atoms with E-state index in [9.17, 15) is 10.1 Å². The molecule has 0 heterocycles. The minimum absolute atomic E-state index is 0.103. The molecule has 31 heavy (non-hydrogen) atoms. The lowest BCUT2D eigenvalue weighted by atomic mass is 9.73. The highest BCUT2D eigenvalue weighted by atomic mass is 16.5. The number of hydrogen-bond donors (Lipinski definition) is 0. The molecule has 2 aromatic carbocycles. The van der Waals surface area contributed by atoms with Gasteiger partial charge in [-0.3, -0.25) is 4.90 Å². The molecule has 0 spiro atoms. The average Bonchev–Trinajstić information content (AvgIpc) is 2.75. The van der Waals surface area contributed by atoms with Crippen molar-refractivity contribution in [2.45, 2.75) is 58.1 Å². The maximum absolute atomic E-state index is 13.5. The Kier molecular flexibility index (Phi) is 7.51. The quantitative estimate of drug-likeness (QED) is 0.571. The standard InChI is InChI=1S/C27H34N2O2/c1-18-11-14-23(20(3)22-9-7-6-8-10-22)25(15-18)31-27(30)26(29(4)5)24-16-21(17-28)13-12-19(24)2/h6-10,12-13,16,18,20,23,25-26H,11,14-15H2,1-5H3/t18-,20-,23+,25-,26-/m1/s1. The molecule has 0 N–H and O–H groups in total. The summed E-state index contributed by atoms with van der Waals surface area (Å²) in [5, 5.41) is 9.33. The topological polar surface area (TPSA) is 53.3 Å². The first kappa shape index (κ1) is 23.0. The van der Waals surface area contributed by atoms with E-state index in [2.05, 4.69) is 44.2 Å².